The van der Waals surface area contributed by atoms with Crippen LogP contribution in [0.4, 0.5) is 5.95 Å². The minimum atomic E-state index is 0.229. The number of carbonyl (C=O) groups is 1. The van der Waals surface area contributed by atoms with Crippen LogP contribution in [0.15, 0.2) is 31.1 Å². The maximum atomic E-state index is 11.9. The van der Waals surface area contributed by atoms with Gasteiger partial charge in [-0.2, -0.15) is 0 Å². The summed E-state index contributed by atoms with van der Waals surface area (Å²) in [5.74, 6) is 2.46. The smallest absolute Gasteiger partial charge is 0.226 e. The van der Waals surface area contributed by atoms with Crippen LogP contribution in [0, 0.1) is 11.8 Å². The molecule has 2 saturated heterocycles. The number of amides is 1. The number of carbonyl (C=O) groups excluding carboxylic acids is 1. The minimum absolute atomic E-state index is 0.229. The lowest BCUT2D eigenvalue weighted by atomic mass is 9.84. The Labute approximate surface area is 132 Å². The van der Waals surface area contributed by atoms with Crippen LogP contribution in [0.2, 0.25) is 0 Å². The highest BCUT2D eigenvalue weighted by atomic mass is 16.2. The molecule has 5 heteroatoms. The normalized spacial score (nSPS) is 22.8. The topological polar surface area (TPSA) is 49.3 Å². The molecule has 2 aliphatic rings. The summed E-state index contributed by atoms with van der Waals surface area (Å²) in [6.45, 7) is 7.54. The molecular weight excluding hydrogens is 276 g/mol. The minimum Gasteiger partial charge on any atom is -0.342 e. The average Bonchev–Trinajstić information content (AvgIpc) is 3.06. The predicted molar refractivity (Wildman–Crippen MR) is 86.5 cm³/mol. The number of nitrogens with zero attached hydrogens (tertiary/aromatic N) is 4. The van der Waals surface area contributed by atoms with Crippen molar-refractivity contribution < 1.29 is 4.79 Å². The molecule has 0 radical (unpaired) electrons. The van der Waals surface area contributed by atoms with Crippen molar-refractivity contribution >= 4 is 11.9 Å². The second-order valence-electron chi connectivity index (χ2n) is 6.25. The van der Waals surface area contributed by atoms with Gasteiger partial charge in [-0.25, -0.2) is 9.97 Å². The van der Waals surface area contributed by atoms with E-state index >= 15 is 0 Å². The molecule has 22 heavy (non-hydrogen) atoms. The van der Waals surface area contributed by atoms with Crippen molar-refractivity contribution in [1.82, 2.24) is 14.9 Å². The van der Waals surface area contributed by atoms with E-state index in [2.05, 4.69) is 21.4 Å². The molecule has 1 amide bonds. The van der Waals surface area contributed by atoms with Crippen molar-refractivity contribution in [3.8, 4) is 0 Å². The first-order valence-electron chi connectivity index (χ1n) is 8.18. The molecule has 1 unspecified atom stereocenters. The van der Waals surface area contributed by atoms with Gasteiger partial charge in [-0.05, 0) is 37.2 Å². The maximum Gasteiger partial charge on any atom is 0.226 e. The molecule has 3 rings (SSSR count). The second kappa shape index (κ2) is 6.90. The molecule has 0 saturated carbocycles. The summed E-state index contributed by atoms with van der Waals surface area (Å²) < 4.78 is 0. The summed E-state index contributed by atoms with van der Waals surface area (Å²) in [7, 11) is 0. The van der Waals surface area contributed by atoms with Crippen molar-refractivity contribution in [1.29, 1.82) is 0 Å². The Morgan fingerprint density at radius 1 is 1.18 bits per heavy atom. The number of aromatic nitrogens is 2. The third-order valence-electron chi connectivity index (χ3n) is 4.94. The van der Waals surface area contributed by atoms with E-state index in [4.69, 9.17) is 0 Å². The molecule has 118 valence electrons. The highest BCUT2D eigenvalue weighted by Gasteiger charge is 2.33. The Hall–Kier alpha value is -1.91. The molecular formula is C17H24N4O. The Bertz CT molecular complexity index is 511. The van der Waals surface area contributed by atoms with Crippen LogP contribution in [0.25, 0.3) is 0 Å². The van der Waals surface area contributed by atoms with Gasteiger partial charge < -0.3 is 9.80 Å². The summed E-state index contributed by atoms with van der Waals surface area (Å²) in [6.07, 6.45) is 9.27. The monoisotopic (exact) mass is 300 g/mol. The summed E-state index contributed by atoms with van der Waals surface area (Å²) in [5.41, 5.74) is 0. The van der Waals surface area contributed by atoms with Crippen LogP contribution < -0.4 is 4.90 Å². The molecule has 0 aliphatic carbocycles. The number of piperidine rings is 1. The first-order valence-corrected chi connectivity index (χ1v) is 8.18. The van der Waals surface area contributed by atoms with Gasteiger partial charge >= 0.3 is 0 Å². The van der Waals surface area contributed by atoms with Gasteiger partial charge in [-0.15, -0.1) is 6.58 Å². The molecule has 3 heterocycles. The summed E-state index contributed by atoms with van der Waals surface area (Å²) in [5, 5.41) is 0. The zero-order valence-corrected chi connectivity index (χ0v) is 13.0. The number of hydrogen-bond acceptors (Lipinski definition) is 4. The fourth-order valence-electron chi connectivity index (χ4n) is 3.68. The van der Waals surface area contributed by atoms with E-state index in [9.17, 15) is 4.79 Å². The van der Waals surface area contributed by atoms with Crippen molar-refractivity contribution in [3.63, 3.8) is 0 Å². The van der Waals surface area contributed by atoms with E-state index in [0.717, 1.165) is 44.5 Å². The number of rotatable bonds is 4. The van der Waals surface area contributed by atoms with E-state index in [1.807, 2.05) is 11.0 Å². The van der Waals surface area contributed by atoms with Crippen LogP contribution in [-0.2, 0) is 4.79 Å². The molecule has 0 bridgehead atoms. The van der Waals surface area contributed by atoms with E-state index in [0.29, 0.717) is 12.3 Å². The van der Waals surface area contributed by atoms with Gasteiger partial charge in [0.1, 0.15) is 0 Å². The van der Waals surface area contributed by atoms with Crippen molar-refractivity contribution in [2.24, 2.45) is 11.8 Å². The van der Waals surface area contributed by atoms with E-state index in [-0.39, 0.29) is 5.91 Å². The lowest BCUT2D eigenvalue weighted by molar-refractivity contribution is -0.129. The summed E-state index contributed by atoms with van der Waals surface area (Å²) in [6, 6.07) is 1.85. The van der Waals surface area contributed by atoms with Gasteiger partial charge in [0, 0.05) is 45.0 Å². The Morgan fingerprint density at radius 2 is 1.86 bits per heavy atom. The number of hydrogen-bond donors (Lipinski definition) is 0. The fourth-order valence-corrected chi connectivity index (χ4v) is 3.68. The molecule has 5 nitrogen and oxygen atoms in total. The second-order valence-corrected chi connectivity index (χ2v) is 6.25. The van der Waals surface area contributed by atoms with Gasteiger partial charge in [0.2, 0.25) is 11.9 Å². The van der Waals surface area contributed by atoms with Crippen molar-refractivity contribution in [3.05, 3.63) is 31.1 Å². The van der Waals surface area contributed by atoms with Crippen LogP contribution in [0.1, 0.15) is 25.7 Å². The molecule has 2 aliphatic heterocycles. The van der Waals surface area contributed by atoms with Crippen LogP contribution in [-0.4, -0.2) is 47.0 Å². The fraction of sp³-hybridized carbons (Fsp3) is 0.588. The quantitative estimate of drug-likeness (QED) is 0.799. The number of anilines is 1. The maximum absolute atomic E-state index is 11.9. The molecule has 0 N–H and O–H groups in total. The lowest BCUT2D eigenvalue weighted by Crippen LogP contribution is -2.38. The molecule has 1 aromatic rings. The molecule has 0 aromatic carbocycles. The molecule has 1 aromatic heterocycles. The molecule has 0 spiro atoms. The Balaban J connectivity index is 1.50. The van der Waals surface area contributed by atoms with Gasteiger partial charge in [0.25, 0.3) is 0 Å². The predicted octanol–water partition coefficient (Wildman–Crippen LogP) is 2.12. The van der Waals surface area contributed by atoms with Crippen molar-refractivity contribution in [2.45, 2.75) is 25.7 Å². The van der Waals surface area contributed by atoms with Gasteiger partial charge in [0.05, 0.1) is 0 Å². The first kappa shape index (κ1) is 15.0. The third kappa shape index (κ3) is 3.29. The first-order chi connectivity index (χ1) is 10.8. The van der Waals surface area contributed by atoms with E-state index in [1.165, 1.54) is 12.8 Å². The molecule has 2 fully saturated rings. The van der Waals surface area contributed by atoms with Gasteiger partial charge in [0.15, 0.2) is 0 Å². The zero-order valence-electron chi connectivity index (χ0n) is 13.0. The SMILES string of the molecule is C=CCC(=O)N1CCC(C2CCN(c3ncccn3)CC2)C1. The van der Waals surface area contributed by atoms with E-state index < -0.39 is 0 Å². The average molecular weight is 300 g/mol. The third-order valence-corrected chi connectivity index (χ3v) is 4.94. The molecule has 1 atom stereocenters. The summed E-state index contributed by atoms with van der Waals surface area (Å²) in [4.78, 5) is 24.9. The van der Waals surface area contributed by atoms with Crippen LogP contribution >= 0.6 is 0 Å². The Kier molecular flexibility index (Phi) is 4.71. The number of likely N-dealkylation sites (tertiary alicyclic amines) is 1. The van der Waals surface area contributed by atoms with Gasteiger partial charge in [-0.1, -0.05) is 6.08 Å². The standard InChI is InChI=1S/C17H24N4O/c1-2-4-16(22)21-12-7-15(13-21)14-5-10-20(11-6-14)17-18-8-3-9-19-17/h2-3,8-9,14-15H,1,4-7,10-13H2. The lowest BCUT2D eigenvalue weighted by Gasteiger charge is -2.34. The highest BCUT2D eigenvalue weighted by Crippen LogP contribution is 2.32. The Morgan fingerprint density at radius 3 is 2.55 bits per heavy atom. The van der Waals surface area contributed by atoms with Crippen LogP contribution in [0.5, 0.6) is 0 Å². The van der Waals surface area contributed by atoms with Crippen LogP contribution in [0.3, 0.4) is 0 Å². The highest BCUT2D eigenvalue weighted by molar-refractivity contribution is 5.77. The zero-order chi connectivity index (χ0) is 15.4. The summed E-state index contributed by atoms with van der Waals surface area (Å²) >= 11 is 0. The van der Waals surface area contributed by atoms with Gasteiger partial charge in [-0.3, -0.25) is 4.79 Å². The van der Waals surface area contributed by atoms with E-state index in [1.54, 1.807) is 18.5 Å². The van der Waals surface area contributed by atoms with Crippen molar-refractivity contribution in [2.75, 3.05) is 31.1 Å². The largest absolute Gasteiger partial charge is 0.342 e.